The third-order valence-electron chi connectivity index (χ3n) is 5.15. The molecule has 28 heavy (non-hydrogen) atoms. The molecule has 0 spiro atoms. The number of fused-ring (bicyclic) bond motifs is 2. The lowest BCUT2D eigenvalue weighted by molar-refractivity contribution is -0.116. The van der Waals surface area contributed by atoms with E-state index in [0.29, 0.717) is 30.6 Å². The molecule has 1 amide bonds. The summed E-state index contributed by atoms with van der Waals surface area (Å²) in [5.41, 5.74) is 2.64. The zero-order valence-corrected chi connectivity index (χ0v) is 16.8. The molecule has 0 fully saturated rings. The highest BCUT2D eigenvalue weighted by atomic mass is 32.2. The Kier molecular flexibility index (Phi) is 4.25. The van der Waals surface area contributed by atoms with Gasteiger partial charge in [0.1, 0.15) is 0 Å². The molecule has 0 aromatic heterocycles. The number of sulfonamides is 2. The number of benzene rings is 2. The fourth-order valence-electron chi connectivity index (χ4n) is 3.77. The summed E-state index contributed by atoms with van der Waals surface area (Å²) in [6, 6.07) is 9.00. The van der Waals surface area contributed by atoms with Gasteiger partial charge in [0.15, 0.2) is 0 Å². The second-order valence-corrected chi connectivity index (χ2v) is 10.3. The van der Waals surface area contributed by atoms with Crippen molar-refractivity contribution in [2.24, 2.45) is 5.14 Å². The average Bonchev–Trinajstić information content (AvgIpc) is 3.24. The van der Waals surface area contributed by atoms with Gasteiger partial charge in [-0.3, -0.25) is 9.10 Å². The monoisotopic (exact) mass is 421 g/mol. The minimum Gasteiger partial charge on any atom is -0.312 e. The van der Waals surface area contributed by atoms with Crippen LogP contribution >= 0.6 is 0 Å². The molecule has 10 heteroatoms. The molecular weight excluding hydrogens is 402 g/mol. The van der Waals surface area contributed by atoms with Crippen LogP contribution in [0.3, 0.4) is 0 Å². The summed E-state index contributed by atoms with van der Waals surface area (Å²) in [6.07, 6.45) is 1.01. The predicted octanol–water partition coefficient (Wildman–Crippen LogP) is 0.994. The number of hydrogen-bond acceptors (Lipinski definition) is 5. The maximum atomic E-state index is 13.2. The molecule has 2 aliphatic heterocycles. The van der Waals surface area contributed by atoms with Crippen LogP contribution in [0.1, 0.15) is 18.1 Å². The van der Waals surface area contributed by atoms with Crippen molar-refractivity contribution in [3.05, 3.63) is 47.5 Å². The Bertz CT molecular complexity index is 1210. The van der Waals surface area contributed by atoms with E-state index in [-0.39, 0.29) is 22.2 Å². The zero-order valence-electron chi connectivity index (χ0n) is 15.1. The van der Waals surface area contributed by atoms with Crippen LogP contribution < -0.4 is 14.3 Å². The molecule has 0 radical (unpaired) electrons. The molecule has 2 aromatic carbocycles. The Labute approximate surface area is 163 Å². The fourth-order valence-corrected chi connectivity index (χ4v) is 5.89. The molecular formula is C18H19N3O5S2. The van der Waals surface area contributed by atoms with E-state index in [4.69, 9.17) is 5.14 Å². The molecule has 0 bridgehead atoms. The van der Waals surface area contributed by atoms with Crippen molar-refractivity contribution in [3.63, 3.8) is 0 Å². The van der Waals surface area contributed by atoms with Gasteiger partial charge in [-0.2, -0.15) is 0 Å². The van der Waals surface area contributed by atoms with E-state index in [1.165, 1.54) is 35.5 Å². The molecule has 8 nitrogen and oxygen atoms in total. The quantitative estimate of drug-likeness (QED) is 0.793. The standard InChI is InChI=1S/C18H19N3O5S2/c1-12(22)20-8-6-13-11-16(3-4-17(13)20)28(25,26)21-9-7-14-10-15(27(19,23)24)2-5-18(14)21/h2-5,10-11H,6-9H2,1H3,(H2,19,23,24). The van der Waals surface area contributed by atoms with Crippen LogP contribution in [0.25, 0.3) is 0 Å². The number of carbonyl (C=O) groups is 1. The number of amides is 1. The molecule has 2 heterocycles. The largest absolute Gasteiger partial charge is 0.312 e. The van der Waals surface area contributed by atoms with Gasteiger partial charge in [-0.25, -0.2) is 22.0 Å². The number of anilines is 2. The molecule has 0 aliphatic carbocycles. The number of primary sulfonamides is 1. The predicted molar refractivity (Wildman–Crippen MR) is 104 cm³/mol. The van der Waals surface area contributed by atoms with Gasteiger partial charge in [0.25, 0.3) is 10.0 Å². The van der Waals surface area contributed by atoms with E-state index >= 15 is 0 Å². The number of nitrogens with two attached hydrogens (primary N) is 1. The summed E-state index contributed by atoms with van der Waals surface area (Å²) in [6.45, 7) is 2.25. The van der Waals surface area contributed by atoms with Gasteiger partial charge in [0.05, 0.1) is 15.5 Å². The first-order chi connectivity index (χ1) is 13.1. The molecule has 0 saturated heterocycles. The van der Waals surface area contributed by atoms with Crippen LogP contribution in [0.4, 0.5) is 11.4 Å². The van der Waals surface area contributed by atoms with E-state index in [9.17, 15) is 21.6 Å². The Hall–Kier alpha value is -2.43. The Morgan fingerprint density at radius 2 is 1.46 bits per heavy atom. The lowest BCUT2D eigenvalue weighted by Gasteiger charge is -2.21. The van der Waals surface area contributed by atoms with Crippen LogP contribution in [0.2, 0.25) is 0 Å². The van der Waals surface area contributed by atoms with Crippen molar-refractivity contribution in [2.75, 3.05) is 22.3 Å². The van der Waals surface area contributed by atoms with E-state index in [2.05, 4.69) is 0 Å². The summed E-state index contributed by atoms with van der Waals surface area (Å²) in [5, 5.41) is 5.16. The van der Waals surface area contributed by atoms with Gasteiger partial charge in [0.2, 0.25) is 15.9 Å². The summed E-state index contributed by atoms with van der Waals surface area (Å²) < 4.78 is 50.7. The number of nitrogens with zero attached hydrogens (tertiary/aromatic N) is 2. The molecule has 2 aromatic rings. The van der Waals surface area contributed by atoms with Crippen LogP contribution in [0.15, 0.2) is 46.2 Å². The number of rotatable bonds is 3. The van der Waals surface area contributed by atoms with Crippen LogP contribution in [0, 0.1) is 0 Å². The van der Waals surface area contributed by atoms with E-state index in [1.54, 1.807) is 17.0 Å². The first-order valence-electron chi connectivity index (χ1n) is 8.68. The van der Waals surface area contributed by atoms with Gasteiger partial charge < -0.3 is 4.90 Å². The van der Waals surface area contributed by atoms with Gasteiger partial charge in [0, 0.05) is 25.7 Å². The molecule has 2 N–H and O–H groups in total. The van der Waals surface area contributed by atoms with E-state index < -0.39 is 20.0 Å². The lowest BCUT2D eigenvalue weighted by Crippen LogP contribution is -2.29. The highest BCUT2D eigenvalue weighted by Crippen LogP contribution is 2.36. The lowest BCUT2D eigenvalue weighted by atomic mass is 10.2. The fraction of sp³-hybridized carbons (Fsp3) is 0.278. The van der Waals surface area contributed by atoms with Crippen molar-refractivity contribution in [2.45, 2.75) is 29.6 Å². The van der Waals surface area contributed by atoms with Crippen molar-refractivity contribution in [1.29, 1.82) is 0 Å². The third-order valence-corrected chi connectivity index (χ3v) is 7.87. The maximum absolute atomic E-state index is 13.2. The summed E-state index contributed by atoms with van der Waals surface area (Å²) >= 11 is 0. The Morgan fingerprint density at radius 1 is 0.893 bits per heavy atom. The maximum Gasteiger partial charge on any atom is 0.264 e. The van der Waals surface area contributed by atoms with Crippen molar-refractivity contribution >= 4 is 37.3 Å². The molecule has 4 rings (SSSR count). The number of hydrogen-bond donors (Lipinski definition) is 1. The molecule has 0 atom stereocenters. The molecule has 0 saturated carbocycles. The first-order valence-corrected chi connectivity index (χ1v) is 11.7. The van der Waals surface area contributed by atoms with Gasteiger partial charge in [-0.15, -0.1) is 0 Å². The summed E-state index contributed by atoms with van der Waals surface area (Å²) in [5.74, 6) is -0.0755. The Balaban J connectivity index is 1.71. The summed E-state index contributed by atoms with van der Waals surface area (Å²) in [7, 11) is -7.66. The third kappa shape index (κ3) is 2.97. The molecule has 2 aliphatic rings. The summed E-state index contributed by atoms with van der Waals surface area (Å²) in [4.78, 5) is 13.4. The second kappa shape index (κ2) is 6.29. The van der Waals surface area contributed by atoms with Crippen LogP contribution in [0.5, 0.6) is 0 Å². The van der Waals surface area contributed by atoms with E-state index in [1.807, 2.05) is 0 Å². The van der Waals surface area contributed by atoms with Crippen LogP contribution in [-0.2, 0) is 37.7 Å². The normalized spacial score (nSPS) is 16.2. The highest BCUT2D eigenvalue weighted by Gasteiger charge is 2.33. The first kappa shape index (κ1) is 18.9. The van der Waals surface area contributed by atoms with Gasteiger partial charge in [-0.1, -0.05) is 0 Å². The minimum absolute atomic E-state index is 0.0349. The topological polar surface area (TPSA) is 118 Å². The zero-order chi connectivity index (χ0) is 20.3. The van der Waals surface area contributed by atoms with Gasteiger partial charge >= 0.3 is 0 Å². The molecule has 148 valence electrons. The smallest absolute Gasteiger partial charge is 0.264 e. The Morgan fingerprint density at radius 3 is 2.14 bits per heavy atom. The van der Waals surface area contributed by atoms with Crippen molar-refractivity contribution < 1.29 is 21.6 Å². The van der Waals surface area contributed by atoms with Gasteiger partial charge in [-0.05, 0) is 60.4 Å². The molecule has 0 unspecified atom stereocenters. The van der Waals surface area contributed by atoms with Crippen molar-refractivity contribution in [3.8, 4) is 0 Å². The SMILES string of the molecule is CC(=O)N1CCc2cc(S(=O)(=O)N3CCc4cc(S(N)(=O)=O)ccc43)ccc21. The van der Waals surface area contributed by atoms with E-state index in [0.717, 1.165) is 11.3 Å². The highest BCUT2D eigenvalue weighted by molar-refractivity contribution is 7.92. The average molecular weight is 422 g/mol. The number of carbonyl (C=O) groups excluding carboxylic acids is 1. The van der Waals surface area contributed by atoms with Crippen molar-refractivity contribution in [1.82, 2.24) is 0 Å². The second-order valence-electron chi connectivity index (χ2n) is 6.87. The minimum atomic E-state index is -3.85. The van der Waals surface area contributed by atoms with Crippen LogP contribution in [-0.4, -0.2) is 35.8 Å².